The van der Waals surface area contributed by atoms with Gasteiger partial charge in [-0.15, -0.1) is 0 Å². The summed E-state index contributed by atoms with van der Waals surface area (Å²) in [5.41, 5.74) is 4.40. The molecule has 1 rings (SSSR count). The number of carboxylic acid groups (broad SMARTS) is 1. The van der Waals surface area contributed by atoms with Crippen LogP contribution >= 0.6 is 0 Å². The highest BCUT2D eigenvalue weighted by Gasteiger charge is 2.18. The summed E-state index contributed by atoms with van der Waals surface area (Å²) in [5.74, 6) is -4.46. The maximum absolute atomic E-state index is 13.4. The number of hydrogen-bond donors (Lipinski definition) is 3. The Labute approximate surface area is 108 Å². The fourth-order valence-electron chi connectivity index (χ4n) is 1.48. The van der Waals surface area contributed by atoms with Crippen LogP contribution < -0.4 is 11.1 Å². The van der Waals surface area contributed by atoms with Gasteiger partial charge in [0.2, 0.25) is 5.91 Å². The van der Waals surface area contributed by atoms with Gasteiger partial charge < -0.3 is 16.2 Å². The van der Waals surface area contributed by atoms with Crippen molar-refractivity contribution in [2.24, 2.45) is 5.73 Å². The Morgan fingerprint density at radius 3 is 2.53 bits per heavy atom. The van der Waals surface area contributed by atoms with Crippen LogP contribution in [0.1, 0.15) is 30.1 Å². The number of amides is 1. The largest absolute Gasteiger partial charge is 0.478 e. The molecule has 0 heterocycles. The first kappa shape index (κ1) is 15.0. The van der Waals surface area contributed by atoms with Crippen molar-refractivity contribution >= 4 is 17.6 Å². The van der Waals surface area contributed by atoms with Crippen LogP contribution in [-0.2, 0) is 4.79 Å². The summed E-state index contributed by atoms with van der Waals surface area (Å²) in [6.07, 6.45) is 1.07. The molecule has 104 valence electrons. The number of hydrogen-bond acceptors (Lipinski definition) is 3. The lowest BCUT2D eigenvalue weighted by molar-refractivity contribution is -0.117. The molecule has 0 fully saturated rings. The smallest absolute Gasteiger partial charge is 0.338 e. The minimum Gasteiger partial charge on any atom is -0.478 e. The summed E-state index contributed by atoms with van der Waals surface area (Å²) in [5, 5.41) is 10.9. The monoisotopic (exact) mass is 272 g/mol. The molecule has 0 saturated heterocycles. The Morgan fingerprint density at radius 2 is 2.00 bits per heavy atom. The van der Waals surface area contributed by atoms with Gasteiger partial charge in [0.1, 0.15) is 11.6 Å². The lowest BCUT2D eigenvalue weighted by atomic mass is 10.1. The average molecular weight is 272 g/mol. The molecule has 0 aliphatic heterocycles. The Bertz CT molecular complexity index is 506. The zero-order chi connectivity index (χ0) is 14.6. The van der Waals surface area contributed by atoms with Crippen LogP contribution in [0.5, 0.6) is 0 Å². The van der Waals surface area contributed by atoms with Crippen LogP contribution in [0, 0.1) is 11.6 Å². The summed E-state index contributed by atoms with van der Waals surface area (Å²) in [6, 6.07) is 0.302. The van der Waals surface area contributed by atoms with Crippen molar-refractivity contribution in [3.8, 4) is 0 Å². The Balaban J connectivity index is 2.98. The molecule has 1 aromatic rings. The number of carbonyl (C=O) groups is 2. The second-order valence-electron chi connectivity index (χ2n) is 4.00. The lowest BCUT2D eigenvalue weighted by Crippen LogP contribution is -2.35. The van der Waals surface area contributed by atoms with Crippen molar-refractivity contribution in [3.63, 3.8) is 0 Å². The van der Waals surface area contributed by atoms with Crippen molar-refractivity contribution in [1.29, 1.82) is 0 Å². The predicted molar refractivity (Wildman–Crippen MR) is 64.8 cm³/mol. The van der Waals surface area contributed by atoms with Gasteiger partial charge in [-0.2, -0.15) is 0 Å². The summed E-state index contributed by atoms with van der Waals surface area (Å²) >= 11 is 0. The van der Waals surface area contributed by atoms with E-state index in [-0.39, 0.29) is 0 Å². The number of aromatic carboxylic acids is 1. The third-order valence-corrected chi connectivity index (χ3v) is 2.48. The number of nitrogens with two attached hydrogens (primary N) is 1. The number of nitrogens with one attached hydrogen (secondary N) is 1. The highest BCUT2D eigenvalue weighted by Crippen LogP contribution is 2.20. The molecule has 0 aliphatic carbocycles. The van der Waals surface area contributed by atoms with E-state index in [4.69, 9.17) is 10.8 Å². The maximum atomic E-state index is 13.4. The van der Waals surface area contributed by atoms with Gasteiger partial charge in [-0.1, -0.05) is 13.3 Å². The van der Waals surface area contributed by atoms with Gasteiger partial charge in [0, 0.05) is 6.07 Å². The Hall–Kier alpha value is -2.02. The van der Waals surface area contributed by atoms with E-state index in [1.165, 1.54) is 0 Å². The molecule has 0 bridgehead atoms. The van der Waals surface area contributed by atoms with E-state index in [0.29, 0.717) is 18.9 Å². The van der Waals surface area contributed by atoms with Crippen molar-refractivity contribution in [2.45, 2.75) is 25.8 Å². The molecule has 1 atom stereocenters. The second kappa shape index (κ2) is 6.24. The van der Waals surface area contributed by atoms with Crippen LogP contribution in [0.25, 0.3) is 0 Å². The van der Waals surface area contributed by atoms with Crippen LogP contribution in [0.15, 0.2) is 12.1 Å². The first-order valence-electron chi connectivity index (χ1n) is 5.65. The SMILES string of the molecule is CCC[C@@H](N)C(=O)Nc1cc(C(=O)O)c(F)cc1F. The molecular weight excluding hydrogens is 258 g/mol. The van der Waals surface area contributed by atoms with Crippen molar-refractivity contribution in [1.82, 2.24) is 0 Å². The zero-order valence-corrected chi connectivity index (χ0v) is 10.2. The number of halogens is 2. The number of anilines is 1. The number of carbonyl (C=O) groups excluding carboxylic acids is 1. The fourth-order valence-corrected chi connectivity index (χ4v) is 1.48. The van der Waals surface area contributed by atoms with Crippen LogP contribution in [-0.4, -0.2) is 23.0 Å². The zero-order valence-electron chi connectivity index (χ0n) is 10.2. The van der Waals surface area contributed by atoms with E-state index in [0.717, 1.165) is 6.07 Å². The molecule has 0 aliphatic rings. The quantitative estimate of drug-likeness (QED) is 0.761. The molecule has 5 nitrogen and oxygen atoms in total. The van der Waals surface area contributed by atoms with Gasteiger partial charge in [-0.25, -0.2) is 13.6 Å². The predicted octanol–water partition coefficient (Wildman–Crippen LogP) is 1.73. The van der Waals surface area contributed by atoms with Crippen molar-refractivity contribution in [3.05, 3.63) is 29.3 Å². The van der Waals surface area contributed by atoms with E-state index in [1.807, 2.05) is 6.92 Å². The van der Waals surface area contributed by atoms with Gasteiger partial charge in [-0.3, -0.25) is 4.79 Å². The fraction of sp³-hybridized carbons (Fsp3) is 0.333. The maximum Gasteiger partial charge on any atom is 0.338 e. The molecule has 0 radical (unpaired) electrons. The van der Waals surface area contributed by atoms with E-state index < -0.39 is 40.8 Å². The van der Waals surface area contributed by atoms with Crippen LogP contribution in [0.2, 0.25) is 0 Å². The van der Waals surface area contributed by atoms with Crippen molar-refractivity contribution in [2.75, 3.05) is 5.32 Å². The van der Waals surface area contributed by atoms with Gasteiger partial charge in [-0.05, 0) is 12.5 Å². The van der Waals surface area contributed by atoms with Gasteiger partial charge >= 0.3 is 5.97 Å². The van der Waals surface area contributed by atoms with Crippen molar-refractivity contribution < 1.29 is 23.5 Å². The molecule has 0 saturated carbocycles. The summed E-state index contributed by atoms with van der Waals surface area (Å²) in [4.78, 5) is 22.3. The average Bonchev–Trinajstić information content (AvgIpc) is 2.32. The van der Waals surface area contributed by atoms with Gasteiger partial charge in [0.15, 0.2) is 0 Å². The molecule has 1 amide bonds. The van der Waals surface area contributed by atoms with Crippen LogP contribution in [0.4, 0.5) is 14.5 Å². The van der Waals surface area contributed by atoms with E-state index in [9.17, 15) is 18.4 Å². The standard InChI is InChI=1S/C12H14F2N2O3/c1-2-3-9(15)11(17)16-10-4-6(12(18)19)7(13)5-8(10)14/h4-5,9H,2-3,15H2,1H3,(H,16,17)(H,18,19)/t9-/m1/s1. The molecule has 0 unspecified atom stereocenters. The molecule has 19 heavy (non-hydrogen) atoms. The molecule has 4 N–H and O–H groups in total. The molecule has 0 aromatic heterocycles. The highest BCUT2D eigenvalue weighted by molar-refractivity contribution is 5.96. The first-order valence-corrected chi connectivity index (χ1v) is 5.65. The van der Waals surface area contributed by atoms with Gasteiger partial charge in [0.25, 0.3) is 0 Å². The summed E-state index contributed by atoms with van der Waals surface area (Å²) in [7, 11) is 0. The van der Waals surface area contributed by atoms with E-state index in [2.05, 4.69) is 5.32 Å². The first-order chi connectivity index (χ1) is 8.86. The lowest BCUT2D eigenvalue weighted by Gasteiger charge is -2.12. The second-order valence-corrected chi connectivity index (χ2v) is 4.00. The topological polar surface area (TPSA) is 92.4 Å². The van der Waals surface area contributed by atoms with E-state index in [1.54, 1.807) is 0 Å². The Morgan fingerprint density at radius 1 is 1.37 bits per heavy atom. The summed E-state index contributed by atoms with van der Waals surface area (Å²) < 4.78 is 26.6. The molecular formula is C12H14F2N2O3. The molecule has 7 heteroatoms. The number of carboxylic acids is 1. The minimum absolute atomic E-state index is 0.403. The number of rotatable bonds is 5. The van der Waals surface area contributed by atoms with E-state index >= 15 is 0 Å². The van der Waals surface area contributed by atoms with Crippen LogP contribution in [0.3, 0.4) is 0 Å². The molecule has 1 aromatic carbocycles. The normalized spacial score (nSPS) is 12.0. The molecule has 0 spiro atoms. The summed E-state index contributed by atoms with van der Waals surface area (Å²) in [6.45, 7) is 1.83. The Kier molecular flexibility index (Phi) is 4.94. The van der Waals surface area contributed by atoms with Gasteiger partial charge in [0.05, 0.1) is 17.3 Å². The third-order valence-electron chi connectivity index (χ3n) is 2.48. The minimum atomic E-state index is -1.55. The number of benzene rings is 1. The third kappa shape index (κ3) is 3.72. The highest BCUT2D eigenvalue weighted by atomic mass is 19.1.